The molecule has 1 aliphatic rings. The predicted molar refractivity (Wildman–Crippen MR) is 111 cm³/mol. The van der Waals surface area contributed by atoms with E-state index in [1.165, 1.54) is 22.2 Å². The fourth-order valence-corrected chi connectivity index (χ4v) is 3.80. The second-order valence-electron chi connectivity index (χ2n) is 7.64. The third-order valence-corrected chi connectivity index (χ3v) is 5.49. The van der Waals surface area contributed by atoms with Crippen molar-refractivity contribution in [2.45, 2.75) is 39.8 Å². The highest BCUT2D eigenvalue weighted by Crippen LogP contribution is 2.24. The van der Waals surface area contributed by atoms with Crippen molar-refractivity contribution in [2.75, 3.05) is 18.0 Å². The lowest BCUT2D eigenvalue weighted by Gasteiger charge is -2.21. The Kier molecular flexibility index (Phi) is 4.77. The van der Waals surface area contributed by atoms with E-state index in [1.807, 2.05) is 13.8 Å². The number of fused-ring (bicyclic) bond motifs is 1. The molecule has 1 atom stereocenters. The minimum atomic E-state index is -0.590. The molecule has 1 amide bonds. The number of aryl methyl sites for hydroxylation is 2. The van der Waals surface area contributed by atoms with Gasteiger partial charge in [-0.1, -0.05) is 12.1 Å². The lowest BCUT2D eigenvalue weighted by atomic mass is 10.2. The summed E-state index contributed by atoms with van der Waals surface area (Å²) >= 11 is 0. The molecule has 3 heterocycles. The lowest BCUT2D eigenvalue weighted by Crippen LogP contribution is -2.33. The number of nitrogens with two attached hydrogens (primary N) is 1. The summed E-state index contributed by atoms with van der Waals surface area (Å²) in [7, 11) is 0. The van der Waals surface area contributed by atoms with Gasteiger partial charge in [0.1, 0.15) is 5.82 Å². The Hall–Kier alpha value is -2.93. The number of anilines is 1. The molecule has 4 N–H and O–H groups in total. The van der Waals surface area contributed by atoms with Crippen molar-refractivity contribution in [2.24, 2.45) is 5.73 Å². The minimum Gasteiger partial charge on any atom is -0.363 e. The number of aromatic nitrogens is 3. The van der Waals surface area contributed by atoms with Crippen LogP contribution >= 0.6 is 0 Å². The number of amides is 1. The fourth-order valence-electron chi connectivity index (χ4n) is 3.80. The normalized spacial score (nSPS) is 16.8. The van der Waals surface area contributed by atoms with E-state index in [0.29, 0.717) is 6.04 Å². The van der Waals surface area contributed by atoms with Gasteiger partial charge in [0, 0.05) is 48.1 Å². The van der Waals surface area contributed by atoms with Crippen molar-refractivity contribution < 1.29 is 4.79 Å². The summed E-state index contributed by atoms with van der Waals surface area (Å²) in [5.41, 5.74) is 10.8. The van der Waals surface area contributed by atoms with Crippen molar-refractivity contribution in [3.63, 3.8) is 0 Å². The smallest absolute Gasteiger partial charge is 0.286 e. The van der Waals surface area contributed by atoms with Crippen LogP contribution in [-0.4, -0.2) is 40.0 Å². The van der Waals surface area contributed by atoms with E-state index >= 15 is 0 Å². The van der Waals surface area contributed by atoms with Crippen LogP contribution in [0.2, 0.25) is 0 Å². The Bertz CT molecular complexity index is 1040. The summed E-state index contributed by atoms with van der Waals surface area (Å²) in [6.07, 6.45) is 1.02. The summed E-state index contributed by atoms with van der Waals surface area (Å²) in [5.74, 6) is 0.307. The number of primary amides is 1. The first-order chi connectivity index (χ1) is 13.4. The Balaban J connectivity index is 1.43. The average molecular weight is 378 g/mol. The van der Waals surface area contributed by atoms with Crippen LogP contribution in [0, 0.1) is 20.8 Å². The Morgan fingerprint density at radius 2 is 2.11 bits per heavy atom. The standard InChI is InChI=1S/C21H26N6O/c1-12-4-5-15-9-17(25-18(15)8-12)10-23-16-6-7-27(11-16)21-13(2)14(3)24-20(26-21)19(22)28/h4-5,8-9,16,23,25H,6-7,10-11H2,1-3H3,(H2,22,28)/t16-/m1/s1. The molecular weight excluding hydrogens is 352 g/mol. The van der Waals surface area contributed by atoms with Gasteiger partial charge >= 0.3 is 0 Å². The van der Waals surface area contributed by atoms with Crippen LogP contribution in [0.3, 0.4) is 0 Å². The topological polar surface area (TPSA) is 99.9 Å². The van der Waals surface area contributed by atoms with Crippen LogP contribution in [0.15, 0.2) is 24.3 Å². The molecule has 1 aliphatic heterocycles. The number of rotatable bonds is 5. The van der Waals surface area contributed by atoms with Gasteiger partial charge < -0.3 is 20.9 Å². The number of benzene rings is 1. The molecule has 0 aliphatic carbocycles. The van der Waals surface area contributed by atoms with E-state index in [4.69, 9.17) is 5.73 Å². The molecule has 1 saturated heterocycles. The zero-order chi connectivity index (χ0) is 19.8. The van der Waals surface area contributed by atoms with E-state index in [1.54, 1.807) is 0 Å². The van der Waals surface area contributed by atoms with Gasteiger partial charge in [-0.2, -0.15) is 0 Å². The van der Waals surface area contributed by atoms with Crippen molar-refractivity contribution in [1.29, 1.82) is 0 Å². The zero-order valence-corrected chi connectivity index (χ0v) is 16.5. The van der Waals surface area contributed by atoms with Gasteiger partial charge in [-0.25, -0.2) is 9.97 Å². The number of H-pyrrole nitrogens is 1. The number of aromatic amines is 1. The highest BCUT2D eigenvalue weighted by atomic mass is 16.1. The number of nitrogens with zero attached hydrogens (tertiary/aromatic N) is 3. The molecule has 1 aromatic carbocycles. The van der Waals surface area contributed by atoms with Gasteiger partial charge in [-0.05, 0) is 50.3 Å². The molecule has 0 saturated carbocycles. The molecule has 146 valence electrons. The van der Waals surface area contributed by atoms with Crippen molar-refractivity contribution in [1.82, 2.24) is 20.3 Å². The molecule has 0 unspecified atom stereocenters. The molecule has 7 heteroatoms. The third-order valence-electron chi connectivity index (χ3n) is 5.49. The maximum atomic E-state index is 11.5. The zero-order valence-electron chi connectivity index (χ0n) is 16.5. The predicted octanol–water partition coefficient (Wildman–Crippen LogP) is 2.35. The molecule has 0 radical (unpaired) electrons. The summed E-state index contributed by atoms with van der Waals surface area (Å²) < 4.78 is 0. The average Bonchev–Trinajstić information content (AvgIpc) is 3.28. The highest BCUT2D eigenvalue weighted by molar-refractivity contribution is 5.89. The molecule has 28 heavy (non-hydrogen) atoms. The molecular formula is C21H26N6O. The minimum absolute atomic E-state index is 0.0860. The van der Waals surface area contributed by atoms with E-state index in [0.717, 1.165) is 43.1 Å². The monoisotopic (exact) mass is 378 g/mol. The summed E-state index contributed by atoms with van der Waals surface area (Å²) in [6.45, 7) is 8.50. The molecule has 1 fully saturated rings. The van der Waals surface area contributed by atoms with Gasteiger partial charge in [-0.15, -0.1) is 0 Å². The van der Waals surface area contributed by atoms with Crippen LogP contribution < -0.4 is 16.0 Å². The van der Waals surface area contributed by atoms with Crippen LogP contribution in [0.25, 0.3) is 10.9 Å². The molecule has 0 spiro atoms. The maximum Gasteiger partial charge on any atom is 0.286 e. The van der Waals surface area contributed by atoms with Gasteiger partial charge in [0.25, 0.3) is 5.91 Å². The molecule has 0 bridgehead atoms. The second kappa shape index (κ2) is 7.24. The van der Waals surface area contributed by atoms with E-state index in [2.05, 4.69) is 56.4 Å². The highest BCUT2D eigenvalue weighted by Gasteiger charge is 2.26. The first kappa shape index (κ1) is 18.4. The van der Waals surface area contributed by atoms with Crippen LogP contribution in [0.4, 0.5) is 5.82 Å². The molecule has 7 nitrogen and oxygen atoms in total. The number of nitrogens with one attached hydrogen (secondary N) is 2. The summed E-state index contributed by atoms with van der Waals surface area (Å²) in [5, 5.41) is 4.87. The van der Waals surface area contributed by atoms with Crippen LogP contribution in [0.5, 0.6) is 0 Å². The summed E-state index contributed by atoms with van der Waals surface area (Å²) in [4.78, 5) is 25.8. The van der Waals surface area contributed by atoms with Crippen LogP contribution in [-0.2, 0) is 6.54 Å². The Labute approximate surface area is 164 Å². The summed E-state index contributed by atoms with van der Waals surface area (Å²) in [6, 6.07) is 9.02. The van der Waals surface area contributed by atoms with Gasteiger partial charge in [0.05, 0.1) is 0 Å². The Morgan fingerprint density at radius 3 is 2.89 bits per heavy atom. The van der Waals surface area contributed by atoms with Gasteiger partial charge in [0.2, 0.25) is 5.82 Å². The SMILES string of the molecule is Cc1ccc2cc(CN[C@@H]3CCN(c4nc(C(N)=O)nc(C)c4C)C3)[nH]c2c1. The maximum absolute atomic E-state index is 11.5. The number of carbonyl (C=O) groups is 1. The first-order valence-corrected chi connectivity index (χ1v) is 9.62. The lowest BCUT2D eigenvalue weighted by molar-refractivity contribution is 0.0990. The first-order valence-electron chi connectivity index (χ1n) is 9.62. The second-order valence-corrected chi connectivity index (χ2v) is 7.64. The van der Waals surface area contributed by atoms with E-state index in [9.17, 15) is 4.79 Å². The number of hydrogen-bond donors (Lipinski definition) is 3. The molecule has 4 rings (SSSR count). The van der Waals surface area contributed by atoms with Gasteiger partial charge in [-0.3, -0.25) is 4.79 Å². The largest absolute Gasteiger partial charge is 0.363 e. The van der Waals surface area contributed by atoms with E-state index < -0.39 is 5.91 Å². The quantitative estimate of drug-likeness (QED) is 0.633. The van der Waals surface area contributed by atoms with Crippen LogP contribution in [0.1, 0.15) is 39.6 Å². The van der Waals surface area contributed by atoms with Crippen molar-refractivity contribution in [3.8, 4) is 0 Å². The fraction of sp³-hybridized carbons (Fsp3) is 0.381. The molecule has 2 aromatic heterocycles. The molecule has 3 aromatic rings. The van der Waals surface area contributed by atoms with Crippen molar-refractivity contribution >= 4 is 22.6 Å². The van der Waals surface area contributed by atoms with Crippen molar-refractivity contribution in [3.05, 3.63) is 52.6 Å². The van der Waals surface area contributed by atoms with Gasteiger partial charge in [0.15, 0.2) is 0 Å². The Morgan fingerprint density at radius 1 is 1.29 bits per heavy atom. The van der Waals surface area contributed by atoms with E-state index in [-0.39, 0.29) is 5.82 Å². The number of carbonyl (C=O) groups excluding carboxylic acids is 1. The third kappa shape index (κ3) is 3.57. The number of hydrogen-bond acceptors (Lipinski definition) is 5.